The first-order valence-electron chi connectivity index (χ1n) is 12.0. The van der Waals surface area contributed by atoms with Gasteiger partial charge in [-0.1, -0.05) is 12.2 Å². The first kappa shape index (κ1) is 20.6. The van der Waals surface area contributed by atoms with Gasteiger partial charge >= 0.3 is 5.97 Å². The van der Waals surface area contributed by atoms with Crippen molar-refractivity contribution < 1.29 is 23.9 Å². The number of amides is 3. The molecule has 6 aliphatic rings. The predicted molar refractivity (Wildman–Crippen MR) is 119 cm³/mol. The largest absolute Gasteiger partial charge is 0.465 e. The number of anilines is 1. The number of nitrogens with one attached hydrogen (secondary N) is 1. The Morgan fingerprint density at radius 2 is 1.48 bits per heavy atom. The van der Waals surface area contributed by atoms with Crippen LogP contribution in [0.3, 0.4) is 0 Å². The lowest BCUT2D eigenvalue weighted by Crippen LogP contribution is -2.44. The first-order chi connectivity index (χ1) is 16.0. The number of hydrogen-bond donors (Lipinski definition) is 1. The summed E-state index contributed by atoms with van der Waals surface area (Å²) in [5, 5.41) is 2.92. The smallest absolute Gasteiger partial charge is 0.337 e. The Morgan fingerprint density at radius 3 is 2.03 bits per heavy atom. The van der Waals surface area contributed by atoms with E-state index in [9.17, 15) is 19.2 Å². The molecule has 0 radical (unpaired) electrons. The molecule has 1 N–H and O–H groups in total. The zero-order valence-electron chi connectivity index (χ0n) is 18.6. The number of benzene rings is 1. The number of hydrogen-bond acceptors (Lipinski definition) is 5. The molecule has 0 spiro atoms. The molecule has 4 fully saturated rings. The van der Waals surface area contributed by atoms with Crippen LogP contribution in [0.5, 0.6) is 0 Å². The Labute approximate surface area is 192 Å². The summed E-state index contributed by atoms with van der Waals surface area (Å²) in [6.45, 7) is 0. The second-order valence-electron chi connectivity index (χ2n) is 10.3. The van der Waals surface area contributed by atoms with Gasteiger partial charge in [-0.25, -0.2) is 4.79 Å². The lowest BCUT2D eigenvalue weighted by atomic mass is 9.63. The van der Waals surface area contributed by atoms with Gasteiger partial charge < -0.3 is 10.1 Å². The van der Waals surface area contributed by atoms with Gasteiger partial charge in [0.15, 0.2) is 0 Å². The van der Waals surface area contributed by atoms with E-state index in [1.165, 1.54) is 13.5 Å². The Hall–Kier alpha value is -2.96. The average Bonchev–Trinajstić information content (AvgIpc) is 3.62. The topological polar surface area (TPSA) is 92.8 Å². The second-order valence-corrected chi connectivity index (χ2v) is 10.3. The Balaban J connectivity index is 1.07. The van der Waals surface area contributed by atoms with E-state index in [4.69, 9.17) is 4.74 Å². The highest BCUT2D eigenvalue weighted by molar-refractivity contribution is 6.06. The number of methoxy groups -OCH3 is 1. The van der Waals surface area contributed by atoms with Crippen molar-refractivity contribution in [2.24, 2.45) is 41.4 Å². The van der Waals surface area contributed by atoms with Crippen molar-refractivity contribution in [3.63, 3.8) is 0 Å². The van der Waals surface area contributed by atoms with Gasteiger partial charge in [-0.05, 0) is 80.0 Å². The number of imide groups is 1. The van der Waals surface area contributed by atoms with Crippen LogP contribution in [0, 0.1) is 41.4 Å². The summed E-state index contributed by atoms with van der Waals surface area (Å²) in [7, 11) is 1.33. The summed E-state index contributed by atoms with van der Waals surface area (Å²) < 4.78 is 4.69. The third-order valence-corrected chi connectivity index (χ3v) is 8.70. The summed E-state index contributed by atoms with van der Waals surface area (Å²) in [6, 6.07) is 6.52. The Morgan fingerprint density at radius 1 is 0.909 bits per heavy atom. The van der Waals surface area contributed by atoms with Crippen LogP contribution < -0.4 is 5.32 Å². The molecular formula is C26H28N2O5. The molecule has 172 valence electrons. The average molecular weight is 449 g/mol. The molecule has 33 heavy (non-hydrogen) atoms. The molecule has 0 unspecified atom stereocenters. The second kappa shape index (κ2) is 7.54. The summed E-state index contributed by atoms with van der Waals surface area (Å²) in [5.41, 5.74) is 1.06. The molecule has 1 aromatic rings. The van der Waals surface area contributed by atoms with E-state index in [-0.39, 0.29) is 53.4 Å². The summed E-state index contributed by atoms with van der Waals surface area (Å²) in [6.07, 6.45) is 8.22. The van der Waals surface area contributed by atoms with Crippen molar-refractivity contribution >= 4 is 29.4 Å². The molecule has 7 heteroatoms. The highest BCUT2D eigenvalue weighted by atomic mass is 16.5. The minimum Gasteiger partial charge on any atom is -0.465 e. The Bertz CT molecular complexity index is 1020. The standard InChI is InChI=1S/C26H28N2O5/c1-33-26(32)14-2-6-15(7-3-14)27-23(29)13-4-8-16(9-5-13)28-24(30)21-17-10-11-18(20-12-19(17)20)22(21)25(28)31/h2-3,6-7,10-11,13,16-22H,4-5,8-9,12H2,1H3,(H,27,29)/t13?,16?,17-,18+,19-,20-,21+,22+/m1/s1. The fourth-order valence-electron chi connectivity index (χ4n) is 6.99. The van der Waals surface area contributed by atoms with Crippen LogP contribution in [0.1, 0.15) is 42.5 Å². The minimum atomic E-state index is -0.419. The van der Waals surface area contributed by atoms with E-state index < -0.39 is 5.97 Å². The van der Waals surface area contributed by atoms with Crippen molar-refractivity contribution in [1.82, 2.24) is 4.90 Å². The van der Waals surface area contributed by atoms with Gasteiger partial charge in [0.05, 0.1) is 24.5 Å². The summed E-state index contributed by atoms with van der Waals surface area (Å²) in [4.78, 5) is 52.6. The third kappa shape index (κ3) is 3.15. The molecule has 0 aromatic heterocycles. The van der Waals surface area contributed by atoms with E-state index in [1.807, 2.05) is 0 Å². The number of carbonyl (C=O) groups is 4. The lowest BCUT2D eigenvalue weighted by Gasteiger charge is -2.37. The normalized spacial score (nSPS) is 38.0. The van der Waals surface area contributed by atoms with E-state index in [0.29, 0.717) is 48.8 Å². The van der Waals surface area contributed by atoms with Gasteiger partial charge in [-0.2, -0.15) is 0 Å². The zero-order valence-corrected chi connectivity index (χ0v) is 18.6. The molecule has 6 atom stereocenters. The van der Waals surface area contributed by atoms with E-state index in [1.54, 1.807) is 29.2 Å². The predicted octanol–water partition coefficient (Wildman–Crippen LogP) is 3.02. The van der Waals surface area contributed by atoms with Crippen molar-refractivity contribution in [3.05, 3.63) is 42.0 Å². The highest BCUT2D eigenvalue weighted by Gasteiger charge is 2.67. The summed E-state index contributed by atoms with van der Waals surface area (Å²) in [5.74, 6) is 0.864. The zero-order chi connectivity index (χ0) is 22.9. The van der Waals surface area contributed by atoms with E-state index >= 15 is 0 Å². The van der Waals surface area contributed by atoms with Crippen LogP contribution in [0.4, 0.5) is 5.69 Å². The fourth-order valence-corrected chi connectivity index (χ4v) is 6.99. The molecule has 5 aliphatic carbocycles. The van der Waals surface area contributed by atoms with Gasteiger partial charge in [-0.3, -0.25) is 19.3 Å². The molecule has 7 rings (SSSR count). The van der Waals surface area contributed by atoms with E-state index in [2.05, 4.69) is 17.5 Å². The molecule has 2 bridgehead atoms. The van der Waals surface area contributed by atoms with Gasteiger partial charge in [-0.15, -0.1) is 0 Å². The number of rotatable bonds is 4. The Kier molecular flexibility index (Phi) is 4.71. The van der Waals surface area contributed by atoms with Crippen molar-refractivity contribution in [2.45, 2.75) is 38.1 Å². The monoisotopic (exact) mass is 448 g/mol. The number of nitrogens with zero attached hydrogens (tertiary/aromatic N) is 1. The first-order valence-corrected chi connectivity index (χ1v) is 12.0. The SMILES string of the molecule is COC(=O)c1ccc(NC(=O)C2CCC(N3C(=O)[C@H]4[C@@H]5C=C[C@@H]([C@H]6C[C@H]56)[C@@H]4C3=O)CC2)cc1. The van der Waals surface area contributed by atoms with Gasteiger partial charge in [0.25, 0.3) is 0 Å². The molecule has 3 amide bonds. The fraction of sp³-hybridized carbons (Fsp3) is 0.538. The van der Waals surface area contributed by atoms with Crippen LogP contribution in [0.2, 0.25) is 0 Å². The van der Waals surface area contributed by atoms with Gasteiger partial charge in [0, 0.05) is 17.6 Å². The number of allylic oxidation sites excluding steroid dienone is 2. The molecule has 1 aromatic carbocycles. The quantitative estimate of drug-likeness (QED) is 0.434. The summed E-state index contributed by atoms with van der Waals surface area (Å²) >= 11 is 0. The van der Waals surface area contributed by atoms with Crippen molar-refractivity contribution in [2.75, 3.05) is 12.4 Å². The number of esters is 1. The molecule has 7 nitrogen and oxygen atoms in total. The van der Waals surface area contributed by atoms with Crippen LogP contribution >= 0.6 is 0 Å². The third-order valence-electron chi connectivity index (χ3n) is 8.70. The molecule has 3 saturated carbocycles. The maximum Gasteiger partial charge on any atom is 0.337 e. The minimum absolute atomic E-state index is 0.0355. The van der Waals surface area contributed by atoms with Crippen LogP contribution in [-0.4, -0.2) is 41.7 Å². The number of ether oxygens (including phenoxy) is 1. The van der Waals surface area contributed by atoms with Crippen molar-refractivity contribution in [3.8, 4) is 0 Å². The molecule has 1 heterocycles. The van der Waals surface area contributed by atoms with E-state index in [0.717, 1.165) is 0 Å². The number of carbonyl (C=O) groups excluding carboxylic acids is 4. The number of likely N-dealkylation sites (tertiary alicyclic amines) is 1. The highest BCUT2D eigenvalue weighted by Crippen LogP contribution is 2.65. The maximum atomic E-state index is 13.3. The molecule has 1 aliphatic heterocycles. The maximum absolute atomic E-state index is 13.3. The van der Waals surface area contributed by atoms with Crippen LogP contribution in [0.25, 0.3) is 0 Å². The van der Waals surface area contributed by atoms with Crippen molar-refractivity contribution in [1.29, 1.82) is 0 Å². The van der Waals surface area contributed by atoms with Crippen LogP contribution in [-0.2, 0) is 19.1 Å². The van der Waals surface area contributed by atoms with Crippen LogP contribution in [0.15, 0.2) is 36.4 Å². The molecule has 1 saturated heterocycles. The van der Waals surface area contributed by atoms with Gasteiger partial charge in [0.1, 0.15) is 0 Å². The lowest BCUT2D eigenvalue weighted by molar-refractivity contribution is -0.144. The molecular weight excluding hydrogens is 420 g/mol. The van der Waals surface area contributed by atoms with Gasteiger partial charge in [0.2, 0.25) is 17.7 Å².